The molecule has 0 saturated carbocycles. The van der Waals surface area contributed by atoms with Crippen molar-refractivity contribution in [3.8, 4) is 0 Å². The van der Waals surface area contributed by atoms with Gasteiger partial charge in [0.05, 0.1) is 5.69 Å². The first-order valence-electron chi connectivity index (χ1n) is 5.92. The van der Waals surface area contributed by atoms with E-state index in [9.17, 15) is 0 Å². The maximum atomic E-state index is 4.39. The van der Waals surface area contributed by atoms with Gasteiger partial charge < -0.3 is 5.32 Å². The first-order chi connectivity index (χ1) is 7.54. The van der Waals surface area contributed by atoms with Crippen LogP contribution in [0.2, 0.25) is 0 Å². The molecule has 0 saturated heterocycles. The third kappa shape index (κ3) is 3.49. The van der Waals surface area contributed by atoms with E-state index < -0.39 is 0 Å². The SMILES string of the molecule is C=C(C)CC(NCCC)c1cn(C)nc1C. The fourth-order valence-electron chi connectivity index (χ4n) is 1.92. The highest BCUT2D eigenvalue weighted by Crippen LogP contribution is 2.22. The number of hydrogen-bond acceptors (Lipinski definition) is 2. The molecule has 1 aromatic rings. The largest absolute Gasteiger partial charge is 0.310 e. The highest BCUT2D eigenvalue weighted by Gasteiger charge is 2.15. The van der Waals surface area contributed by atoms with E-state index in [0.29, 0.717) is 6.04 Å². The Balaban J connectivity index is 2.82. The molecule has 0 amide bonds. The van der Waals surface area contributed by atoms with Gasteiger partial charge in [-0.05, 0) is 33.2 Å². The zero-order valence-electron chi connectivity index (χ0n) is 10.9. The van der Waals surface area contributed by atoms with Crippen LogP contribution in [0.15, 0.2) is 18.3 Å². The van der Waals surface area contributed by atoms with Gasteiger partial charge in [-0.3, -0.25) is 4.68 Å². The Morgan fingerprint density at radius 3 is 2.75 bits per heavy atom. The zero-order valence-corrected chi connectivity index (χ0v) is 10.9. The van der Waals surface area contributed by atoms with Crippen LogP contribution in [-0.2, 0) is 7.05 Å². The molecule has 1 unspecified atom stereocenters. The van der Waals surface area contributed by atoms with E-state index in [1.807, 2.05) is 11.7 Å². The fraction of sp³-hybridized carbons (Fsp3) is 0.615. The molecule has 0 fully saturated rings. The molecule has 0 aliphatic rings. The minimum absolute atomic E-state index is 0.353. The second kappa shape index (κ2) is 5.85. The summed E-state index contributed by atoms with van der Waals surface area (Å²) in [5.74, 6) is 0. The smallest absolute Gasteiger partial charge is 0.0641 e. The molecule has 0 aromatic carbocycles. The average molecular weight is 221 g/mol. The monoisotopic (exact) mass is 221 g/mol. The van der Waals surface area contributed by atoms with Crippen LogP contribution in [0.5, 0.6) is 0 Å². The van der Waals surface area contributed by atoms with E-state index in [0.717, 1.165) is 25.1 Å². The summed E-state index contributed by atoms with van der Waals surface area (Å²) >= 11 is 0. The molecule has 1 aromatic heterocycles. The van der Waals surface area contributed by atoms with Crippen molar-refractivity contribution in [1.29, 1.82) is 0 Å². The van der Waals surface area contributed by atoms with Crippen LogP contribution in [0, 0.1) is 6.92 Å². The Morgan fingerprint density at radius 1 is 1.62 bits per heavy atom. The lowest BCUT2D eigenvalue weighted by Gasteiger charge is -2.18. The van der Waals surface area contributed by atoms with Crippen molar-refractivity contribution in [2.75, 3.05) is 6.54 Å². The molecule has 0 radical (unpaired) electrons. The maximum Gasteiger partial charge on any atom is 0.0641 e. The number of aryl methyl sites for hydroxylation is 2. The Labute approximate surface area is 98.5 Å². The molecule has 1 atom stereocenters. The molecule has 3 nitrogen and oxygen atoms in total. The topological polar surface area (TPSA) is 29.9 Å². The van der Waals surface area contributed by atoms with Crippen molar-refractivity contribution in [2.24, 2.45) is 7.05 Å². The summed E-state index contributed by atoms with van der Waals surface area (Å²) < 4.78 is 1.88. The van der Waals surface area contributed by atoms with Gasteiger partial charge in [0, 0.05) is 24.8 Å². The molecule has 16 heavy (non-hydrogen) atoms. The summed E-state index contributed by atoms with van der Waals surface area (Å²) in [6.07, 6.45) is 4.23. The Morgan fingerprint density at radius 2 is 2.31 bits per heavy atom. The van der Waals surface area contributed by atoms with E-state index in [2.05, 4.69) is 44.0 Å². The molecule has 1 N–H and O–H groups in total. The van der Waals surface area contributed by atoms with Crippen molar-refractivity contribution >= 4 is 0 Å². The molecule has 1 heterocycles. The van der Waals surface area contributed by atoms with Crippen molar-refractivity contribution in [1.82, 2.24) is 15.1 Å². The molecule has 0 bridgehead atoms. The lowest BCUT2D eigenvalue weighted by molar-refractivity contribution is 0.525. The van der Waals surface area contributed by atoms with Crippen molar-refractivity contribution in [3.63, 3.8) is 0 Å². The van der Waals surface area contributed by atoms with E-state index in [1.54, 1.807) is 0 Å². The van der Waals surface area contributed by atoms with Crippen LogP contribution in [0.25, 0.3) is 0 Å². The molecule has 0 aliphatic heterocycles. The average Bonchev–Trinajstić information content (AvgIpc) is 2.52. The summed E-state index contributed by atoms with van der Waals surface area (Å²) in [5, 5.41) is 7.95. The first-order valence-corrected chi connectivity index (χ1v) is 5.92. The highest BCUT2D eigenvalue weighted by molar-refractivity contribution is 5.21. The van der Waals surface area contributed by atoms with Gasteiger partial charge in [0.15, 0.2) is 0 Å². The summed E-state index contributed by atoms with van der Waals surface area (Å²) in [5.41, 5.74) is 3.60. The van der Waals surface area contributed by atoms with Crippen LogP contribution >= 0.6 is 0 Å². The second-order valence-electron chi connectivity index (χ2n) is 4.51. The van der Waals surface area contributed by atoms with E-state index >= 15 is 0 Å². The number of nitrogens with zero attached hydrogens (tertiary/aromatic N) is 2. The fourth-order valence-corrected chi connectivity index (χ4v) is 1.92. The Hall–Kier alpha value is -1.09. The lowest BCUT2D eigenvalue weighted by atomic mass is 10.0. The molecule has 3 heteroatoms. The summed E-state index contributed by atoms with van der Waals surface area (Å²) in [4.78, 5) is 0. The first kappa shape index (κ1) is 13.0. The summed E-state index contributed by atoms with van der Waals surface area (Å²) in [7, 11) is 1.97. The van der Waals surface area contributed by atoms with Crippen LogP contribution in [0.3, 0.4) is 0 Å². The van der Waals surface area contributed by atoms with Gasteiger partial charge >= 0.3 is 0 Å². The van der Waals surface area contributed by atoms with Crippen molar-refractivity contribution in [3.05, 3.63) is 29.6 Å². The third-order valence-electron chi connectivity index (χ3n) is 2.62. The number of nitrogens with one attached hydrogen (secondary N) is 1. The molecular weight excluding hydrogens is 198 g/mol. The quantitative estimate of drug-likeness (QED) is 0.749. The molecule has 0 spiro atoms. The van der Waals surface area contributed by atoms with Gasteiger partial charge in [0.2, 0.25) is 0 Å². The van der Waals surface area contributed by atoms with Gasteiger partial charge in [-0.15, -0.1) is 6.58 Å². The minimum Gasteiger partial charge on any atom is -0.310 e. The van der Waals surface area contributed by atoms with Crippen LogP contribution in [0.1, 0.15) is 44.0 Å². The van der Waals surface area contributed by atoms with E-state index in [4.69, 9.17) is 0 Å². The Kier molecular flexibility index (Phi) is 4.74. The standard InChI is InChI=1S/C13H23N3/c1-6-7-14-13(8-10(2)3)12-9-16(5)15-11(12)4/h9,13-14H,2,6-8H2,1,3-5H3. The zero-order chi connectivity index (χ0) is 12.1. The third-order valence-corrected chi connectivity index (χ3v) is 2.62. The number of rotatable bonds is 6. The van der Waals surface area contributed by atoms with Crippen LogP contribution < -0.4 is 5.32 Å². The van der Waals surface area contributed by atoms with Gasteiger partial charge in [0.25, 0.3) is 0 Å². The summed E-state index contributed by atoms with van der Waals surface area (Å²) in [6.45, 7) is 11.4. The molecular formula is C13H23N3. The molecule has 1 rings (SSSR count). The number of aromatic nitrogens is 2. The van der Waals surface area contributed by atoms with Crippen LogP contribution in [-0.4, -0.2) is 16.3 Å². The van der Waals surface area contributed by atoms with Crippen LogP contribution in [0.4, 0.5) is 0 Å². The molecule has 0 aliphatic carbocycles. The van der Waals surface area contributed by atoms with Gasteiger partial charge in [-0.1, -0.05) is 12.5 Å². The summed E-state index contributed by atoms with van der Waals surface area (Å²) in [6, 6.07) is 0.353. The minimum atomic E-state index is 0.353. The van der Waals surface area contributed by atoms with E-state index in [1.165, 1.54) is 11.1 Å². The van der Waals surface area contributed by atoms with Gasteiger partial charge in [-0.25, -0.2) is 0 Å². The lowest BCUT2D eigenvalue weighted by Crippen LogP contribution is -2.22. The van der Waals surface area contributed by atoms with Crippen molar-refractivity contribution < 1.29 is 0 Å². The highest BCUT2D eigenvalue weighted by atomic mass is 15.3. The van der Waals surface area contributed by atoms with E-state index in [-0.39, 0.29) is 0 Å². The maximum absolute atomic E-state index is 4.39. The predicted molar refractivity (Wildman–Crippen MR) is 68.4 cm³/mol. The van der Waals surface area contributed by atoms with Gasteiger partial charge in [0.1, 0.15) is 0 Å². The van der Waals surface area contributed by atoms with Gasteiger partial charge in [-0.2, -0.15) is 5.10 Å². The second-order valence-corrected chi connectivity index (χ2v) is 4.51. The predicted octanol–water partition coefficient (Wildman–Crippen LogP) is 2.74. The normalized spacial score (nSPS) is 12.8. The number of hydrogen-bond donors (Lipinski definition) is 1. The molecule has 90 valence electrons. The Bertz CT molecular complexity index is 352. The van der Waals surface area contributed by atoms with Crippen molar-refractivity contribution in [2.45, 2.75) is 39.7 Å².